The highest BCUT2D eigenvalue weighted by molar-refractivity contribution is 7.85. The Kier molecular flexibility index (Phi) is 5.49. The summed E-state index contributed by atoms with van der Waals surface area (Å²) in [4.78, 5) is 0. The molecule has 0 atom stereocenters. The summed E-state index contributed by atoms with van der Waals surface area (Å²) in [5.74, 6) is -0.246. The predicted molar refractivity (Wildman–Crippen MR) is 105 cm³/mol. The van der Waals surface area contributed by atoms with Crippen LogP contribution in [0.3, 0.4) is 0 Å². The molecule has 0 saturated heterocycles. The number of pyridine rings is 1. The number of aromatic nitrogens is 1. The number of hydrogen-bond acceptors (Lipinski definition) is 2. The second-order valence-electron chi connectivity index (χ2n) is 6.30. The van der Waals surface area contributed by atoms with Crippen molar-refractivity contribution in [2.45, 2.75) is 19.9 Å². The molecule has 0 unspecified atom stereocenters. The molecule has 3 rings (SSSR count). The van der Waals surface area contributed by atoms with E-state index in [4.69, 9.17) is 4.55 Å². The summed E-state index contributed by atoms with van der Waals surface area (Å²) in [6.07, 6.45) is 4.44. The maximum absolute atomic E-state index is 11.1. The van der Waals surface area contributed by atoms with Crippen LogP contribution >= 0.6 is 0 Å². The van der Waals surface area contributed by atoms with Gasteiger partial charge in [0.05, 0.1) is 5.75 Å². The van der Waals surface area contributed by atoms with Crippen LogP contribution in [0.25, 0.3) is 23.1 Å². The maximum Gasteiger partial charge on any atom is 0.265 e. The fourth-order valence-electron chi connectivity index (χ4n) is 3.10. The average Bonchev–Trinajstić information content (AvgIpc) is 2.62. The van der Waals surface area contributed by atoms with Crippen LogP contribution in [0.15, 0.2) is 60.7 Å². The maximum atomic E-state index is 11.1. The topological polar surface area (TPSA) is 58.2 Å². The molecule has 0 aliphatic rings. The summed E-state index contributed by atoms with van der Waals surface area (Å²) in [5, 5.41) is 1.14. The van der Waals surface area contributed by atoms with Gasteiger partial charge in [-0.05, 0) is 30.2 Å². The number of nitrogens with zero attached hydrogens (tertiary/aromatic N) is 1. The molecule has 4 nitrogen and oxygen atoms in total. The summed E-state index contributed by atoms with van der Waals surface area (Å²) < 4.78 is 33.3. The Balaban J connectivity index is 2.02. The normalized spacial score (nSPS) is 12.1. The van der Waals surface area contributed by atoms with Gasteiger partial charge in [0.25, 0.3) is 10.1 Å². The third kappa shape index (κ3) is 4.56. The first-order valence-corrected chi connectivity index (χ1v) is 10.2. The Morgan fingerprint density at radius 2 is 1.69 bits per heavy atom. The monoisotopic (exact) mass is 368 g/mol. The van der Waals surface area contributed by atoms with Crippen molar-refractivity contribution in [2.24, 2.45) is 0 Å². The number of aryl methyl sites for hydroxylation is 2. The molecule has 0 aliphatic carbocycles. The minimum Gasteiger partial charge on any atom is -0.286 e. The van der Waals surface area contributed by atoms with Gasteiger partial charge in [0.15, 0.2) is 6.54 Å². The van der Waals surface area contributed by atoms with E-state index in [1.165, 1.54) is 5.56 Å². The van der Waals surface area contributed by atoms with Crippen molar-refractivity contribution in [3.8, 4) is 0 Å². The molecule has 0 amide bonds. The van der Waals surface area contributed by atoms with Crippen LogP contribution < -0.4 is 4.57 Å². The first-order valence-electron chi connectivity index (χ1n) is 8.54. The zero-order valence-corrected chi connectivity index (χ0v) is 15.5. The highest BCUT2D eigenvalue weighted by Crippen LogP contribution is 2.18. The molecule has 1 N–H and O–H groups in total. The number of hydrogen-bond donors (Lipinski definition) is 1. The van der Waals surface area contributed by atoms with Gasteiger partial charge in [0, 0.05) is 30.0 Å². The summed E-state index contributed by atoms with van der Waals surface area (Å²) in [6.45, 7) is 2.58. The van der Waals surface area contributed by atoms with Crippen LogP contribution in [0.4, 0.5) is 0 Å². The predicted octanol–water partition coefficient (Wildman–Crippen LogP) is 3.88. The lowest BCUT2D eigenvalue weighted by Crippen LogP contribution is -2.39. The molecule has 0 radical (unpaired) electrons. The third-order valence-electron chi connectivity index (χ3n) is 4.33. The largest absolute Gasteiger partial charge is 0.286 e. The summed E-state index contributed by atoms with van der Waals surface area (Å²) in [6, 6.07) is 20.2. The first-order chi connectivity index (χ1) is 12.4. The van der Waals surface area contributed by atoms with Crippen LogP contribution in [-0.2, 0) is 16.7 Å². The van der Waals surface area contributed by atoms with E-state index in [1.54, 1.807) is 0 Å². The van der Waals surface area contributed by atoms with Gasteiger partial charge in [-0.25, -0.2) is 0 Å². The van der Waals surface area contributed by atoms with Gasteiger partial charge >= 0.3 is 0 Å². The molecule has 0 bridgehead atoms. The van der Waals surface area contributed by atoms with Gasteiger partial charge in [-0.15, -0.1) is 0 Å². The van der Waals surface area contributed by atoms with E-state index in [-0.39, 0.29) is 5.75 Å². The Bertz CT molecular complexity index is 1040. The van der Waals surface area contributed by atoms with E-state index >= 15 is 0 Å². The van der Waals surface area contributed by atoms with Crippen LogP contribution in [0.5, 0.6) is 0 Å². The molecule has 26 heavy (non-hydrogen) atoms. The van der Waals surface area contributed by atoms with Crippen molar-refractivity contribution in [3.63, 3.8) is 0 Å². The highest BCUT2D eigenvalue weighted by atomic mass is 32.2. The van der Waals surface area contributed by atoms with Crippen molar-refractivity contribution in [1.82, 2.24) is 0 Å². The van der Waals surface area contributed by atoms with E-state index in [9.17, 15) is 8.42 Å². The number of fused-ring (bicyclic) bond motifs is 1. The second-order valence-corrected chi connectivity index (χ2v) is 7.88. The van der Waals surface area contributed by atoms with Gasteiger partial charge in [-0.1, -0.05) is 42.5 Å². The average molecular weight is 368 g/mol. The Morgan fingerprint density at radius 1 is 1.00 bits per heavy atom. The summed E-state index contributed by atoms with van der Waals surface area (Å²) >= 11 is 0. The van der Waals surface area contributed by atoms with E-state index < -0.39 is 10.1 Å². The van der Waals surface area contributed by atoms with Crippen LogP contribution in [-0.4, -0.2) is 18.7 Å². The number of benzene rings is 2. The lowest BCUT2D eigenvalue weighted by atomic mass is 10.1. The number of para-hydroxylation sites is 1. The lowest BCUT2D eigenvalue weighted by Gasteiger charge is -2.07. The quantitative estimate of drug-likeness (QED) is 0.530. The lowest BCUT2D eigenvalue weighted by molar-refractivity contribution is -0.673. The van der Waals surface area contributed by atoms with E-state index in [0.717, 1.165) is 22.2 Å². The Labute approximate surface area is 154 Å². The molecule has 1 heterocycles. The van der Waals surface area contributed by atoms with Crippen LogP contribution in [0.2, 0.25) is 0 Å². The molecule has 134 valence electrons. The van der Waals surface area contributed by atoms with E-state index in [2.05, 4.69) is 23.6 Å². The smallest absolute Gasteiger partial charge is 0.265 e. The molecule has 1 aromatic heterocycles. The number of rotatable bonds is 6. The summed E-state index contributed by atoms with van der Waals surface area (Å²) in [7, 11) is -3.96. The van der Waals surface area contributed by atoms with Crippen LogP contribution in [0.1, 0.15) is 23.2 Å². The molecular formula is C21H22NO3S+. The molecule has 5 heteroatoms. The van der Waals surface area contributed by atoms with Gasteiger partial charge in [0.2, 0.25) is 11.2 Å². The first kappa shape index (κ1) is 18.3. The molecule has 0 aliphatic heterocycles. The Morgan fingerprint density at radius 3 is 2.42 bits per heavy atom. The van der Waals surface area contributed by atoms with E-state index in [0.29, 0.717) is 13.0 Å². The van der Waals surface area contributed by atoms with Gasteiger partial charge < -0.3 is 0 Å². The van der Waals surface area contributed by atoms with Crippen molar-refractivity contribution in [2.75, 3.05) is 5.75 Å². The summed E-state index contributed by atoms with van der Waals surface area (Å²) in [5.41, 5.74) is 4.32. The zero-order valence-electron chi connectivity index (χ0n) is 14.7. The van der Waals surface area contributed by atoms with Crippen molar-refractivity contribution in [1.29, 1.82) is 0 Å². The van der Waals surface area contributed by atoms with Crippen molar-refractivity contribution >= 4 is 33.2 Å². The van der Waals surface area contributed by atoms with Crippen molar-refractivity contribution in [3.05, 3.63) is 77.5 Å². The SMILES string of the molecule is Cc1cc(/C=C/c2ccccc2)[n+](CCCS(=O)(=O)O)c2ccccc12. The van der Waals surface area contributed by atoms with E-state index in [1.807, 2.05) is 60.7 Å². The molecular weight excluding hydrogens is 346 g/mol. The van der Waals surface area contributed by atoms with Gasteiger partial charge in [-0.3, -0.25) is 4.55 Å². The van der Waals surface area contributed by atoms with Crippen LogP contribution in [0, 0.1) is 6.92 Å². The molecule has 0 spiro atoms. The molecule has 2 aromatic carbocycles. The van der Waals surface area contributed by atoms with Crippen molar-refractivity contribution < 1.29 is 17.5 Å². The highest BCUT2D eigenvalue weighted by Gasteiger charge is 2.17. The molecule has 0 fully saturated rings. The molecule has 3 aromatic rings. The second kappa shape index (κ2) is 7.81. The minimum absolute atomic E-state index is 0.246. The fourth-order valence-corrected chi connectivity index (χ4v) is 3.59. The minimum atomic E-state index is -3.96. The fraction of sp³-hybridized carbons (Fsp3) is 0.190. The molecule has 0 saturated carbocycles. The van der Waals surface area contributed by atoms with Gasteiger partial charge in [-0.2, -0.15) is 13.0 Å². The third-order valence-corrected chi connectivity index (χ3v) is 5.13. The zero-order chi connectivity index (χ0) is 18.6. The standard InChI is InChI=1S/C21H21NO3S/c1-17-16-19(13-12-18-8-3-2-4-9-18)22(14-7-15-26(23,24)25)21-11-6-5-10-20(17)21/h2-6,8-13,16H,7,14-15H2,1H3/p+1/b13-12+. The Hall–Kier alpha value is -2.50. The van der Waals surface area contributed by atoms with Gasteiger partial charge in [0.1, 0.15) is 0 Å².